The number of aryl methyl sites for hydroxylation is 3. The molecule has 2 aromatic heterocycles. The molecule has 0 bridgehead atoms. The van der Waals surface area contributed by atoms with Gasteiger partial charge >= 0.3 is 0 Å². The van der Waals surface area contributed by atoms with E-state index in [9.17, 15) is 9.59 Å². The first kappa shape index (κ1) is 26.0. The molecule has 0 aliphatic carbocycles. The number of Topliss-reactive ketones (excluding diaryl/α,β-unsaturated/α-hetero) is 1. The van der Waals surface area contributed by atoms with Gasteiger partial charge in [0.05, 0.1) is 5.69 Å². The molecule has 4 heterocycles. The van der Waals surface area contributed by atoms with Gasteiger partial charge in [-0.3, -0.25) is 9.59 Å². The van der Waals surface area contributed by atoms with Gasteiger partial charge in [0.2, 0.25) is 0 Å². The third-order valence-corrected chi connectivity index (χ3v) is 7.71. The lowest BCUT2D eigenvalue weighted by Gasteiger charge is -2.25. The summed E-state index contributed by atoms with van der Waals surface area (Å²) in [5.41, 5.74) is 6.76. The largest absolute Gasteiger partial charge is 0.370 e. The van der Waals surface area contributed by atoms with E-state index in [1.807, 2.05) is 31.2 Å². The highest BCUT2D eigenvalue weighted by Gasteiger charge is 2.28. The number of fused-ring (bicyclic) bond motifs is 1. The van der Waals surface area contributed by atoms with Gasteiger partial charge in [-0.05, 0) is 99.0 Å². The molecule has 1 aromatic carbocycles. The Morgan fingerprint density at radius 2 is 1.61 bits per heavy atom. The van der Waals surface area contributed by atoms with Crippen LogP contribution >= 0.6 is 0 Å². The molecular weight excluding hydrogens is 474 g/mol. The molecule has 7 heteroatoms. The third-order valence-electron chi connectivity index (χ3n) is 7.71. The number of ketones is 1. The van der Waals surface area contributed by atoms with Crippen molar-refractivity contribution in [2.45, 2.75) is 65.8 Å². The Balaban J connectivity index is 1.24. The van der Waals surface area contributed by atoms with E-state index < -0.39 is 11.7 Å². The molecule has 0 saturated carbocycles. The van der Waals surface area contributed by atoms with Gasteiger partial charge in [0, 0.05) is 55.5 Å². The maximum absolute atomic E-state index is 13.3. The molecular formula is C31H39N5O2. The fraction of sp³-hybridized carbons (Fsp3) is 0.452. The average molecular weight is 514 g/mol. The Kier molecular flexibility index (Phi) is 7.54. The molecule has 5 rings (SSSR count). The second-order valence-corrected chi connectivity index (χ2v) is 11.0. The number of hydrogen-bond donors (Lipinski definition) is 1. The van der Waals surface area contributed by atoms with Crippen LogP contribution in [-0.2, 0) is 17.8 Å². The van der Waals surface area contributed by atoms with Crippen LogP contribution in [0, 0.1) is 13.8 Å². The molecule has 2 aliphatic heterocycles. The molecule has 3 aromatic rings. The van der Waals surface area contributed by atoms with Crippen molar-refractivity contribution >= 4 is 28.9 Å². The minimum absolute atomic E-state index is 0.189. The van der Waals surface area contributed by atoms with Crippen LogP contribution in [-0.4, -0.2) is 47.4 Å². The van der Waals surface area contributed by atoms with Crippen LogP contribution in [0.4, 0.5) is 17.2 Å². The zero-order valence-electron chi connectivity index (χ0n) is 23.1. The molecule has 1 N–H and O–H groups in total. The van der Waals surface area contributed by atoms with Crippen molar-refractivity contribution in [2.24, 2.45) is 0 Å². The van der Waals surface area contributed by atoms with Crippen LogP contribution in [0.2, 0.25) is 0 Å². The van der Waals surface area contributed by atoms with Gasteiger partial charge in [0.1, 0.15) is 5.82 Å². The highest BCUT2D eigenvalue weighted by atomic mass is 16.2. The zero-order chi connectivity index (χ0) is 26.8. The number of amides is 1. The second kappa shape index (κ2) is 11.0. The Bertz CT molecular complexity index is 1300. The lowest BCUT2D eigenvalue weighted by molar-refractivity contribution is -0.112. The van der Waals surface area contributed by atoms with E-state index in [1.165, 1.54) is 11.3 Å². The van der Waals surface area contributed by atoms with Crippen LogP contribution in [0.1, 0.15) is 72.0 Å². The summed E-state index contributed by atoms with van der Waals surface area (Å²) in [4.78, 5) is 35.8. The molecule has 7 nitrogen and oxygen atoms in total. The van der Waals surface area contributed by atoms with Crippen LogP contribution in [0.3, 0.4) is 0 Å². The number of benzene rings is 1. The number of aromatic nitrogens is 2. The van der Waals surface area contributed by atoms with E-state index >= 15 is 0 Å². The van der Waals surface area contributed by atoms with Crippen molar-refractivity contribution in [3.63, 3.8) is 0 Å². The first-order chi connectivity index (χ1) is 18.3. The molecule has 0 spiro atoms. The number of pyridine rings is 1. The smallest absolute Gasteiger partial charge is 0.298 e. The summed E-state index contributed by atoms with van der Waals surface area (Å²) >= 11 is 0. The van der Waals surface area contributed by atoms with Gasteiger partial charge < -0.3 is 19.7 Å². The van der Waals surface area contributed by atoms with Crippen LogP contribution < -0.4 is 15.1 Å². The molecule has 1 amide bonds. The number of rotatable bonds is 6. The molecule has 0 radical (unpaired) electrons. The fourth-order valence-electron chi connectivity index (χ4n) is 5.80. The number of carbonyl (C=O) groups is 2. The van der Waals surface area contributed by atoms with Gasteiger partial charge in [0.15, 0.2) is 0 Å². The number of carbonyl (C=O) groups excluding carboxylic acids is 2. The topological polar surface area (TPSA) is 70.5 Å². The summed E-state index contributed by atoms with van der Waals surface area (Å²) < 4.78 is 2.07. The Labute approximate surface area is 225 Å². The Morgan fingerprint density at radius 1 is 0.868 bits per heavy atom. The number of anilines is 3. The molecule has 2 aliphatic rings. The Morgan fingerprint density at radius 3 is 2.34 bits per heavy atom. The Hall–Kier alpha value is -3.61. The summed E-state index contributed by atoms with van der Waals surface area (Å²) in [6.45, 7) is 12.9. The monoisotopic (exact) mass is 513 g/mol. The van der Waals surface area contributed by atoms with Crippen molar-refractivity contribution in [1.29, 1.82) is 0 Å². The second-order valence-electron chi connectivity index (χ2n) is 11.0. The van der Waals surface area contributed by atoms with Crippen molar-refractivity contribution in [3.8, 4) is 0 Å². The van der Waals surface area contributed by atoms with Gasteiger partial charge in [-0.2, -0.15) is 0 Å². The predicted octanol–water partition coefficient (Wildman–Crippen LogP) is 5.50. The first-order valence-corrected chi connectivity index (χ1v) is 13.9. The predicted molar refractivity (Wildman–Crippen MR) is 154 cm³/mol. The number of nitrogens with zero attached hydrogens (tertiary/aromatic N) is 4. The van der Waals surface area contributed by atoms with Crippen molar-refractivity contribution in [2.75, 3.05) is 41.3 Å². The van der Waals surface area contributed by atoms with E-state index in [2.05, 4.69) is 58.7 Å². The summed E-state index contributed by atoms with van der Waals surface area (Å²) in [7, 11) is 0. The standard InChI is InChI=1S/C31H39N5O2/c1-21(2)27-20-26-8-5-6-15-36(26)29(27)30(37)31(38)33-24-9-11-25(12-10-24)34-13-7-14-35(17-16-34)28-19-22(3)18-23(4)32-28/h9-12,18-21H,5-8,13-17H2,1-4H3,(H,33,38). The molecule has 1 saturated heterocycles. The lowest BCUT2D eigenvalue weighted by Crippen LogP contribution is -2.31. The van der Waals surface area contributed by atoms with Crippen LogP contribution in [0.15, 0.2) is 42.5 Å². The van der Waals surface area contributed by atoms with E-state index in [-0.39, 0.29) is 5.92 Å². The van der Waals surface area contributed by atoms with Crippen LogP contribution in [0.25, 0.3) is 0 Å². The fourth-order valence-corrected chi connectivity index (χ4v) is 5.80. The lowest BCUT2D eigenvalue weighted by atomic mass is 10.0. The zero-order valence-corrected chi connectivity index (χ0v) is 23.1. The number of nitrogens with one attached hydrogen (secondary N) is 1. The van der Waals surface area contributed by atoms with Crippen molar-refractivity contribution in [3.05, 3.63) is 70.7 Å². The highest BCUT2D eigenvalue weighted by molar-refractivity contribution is 6.46. The summed E-state index contributed by atoms with van der Waals surface area (Å²) in [6.07, 6.45) is 4.18. The SMILES string of the molecule is Cc1cc(C)nc(N2CCCN(c3ccc(NC(=O)C(=O)c4c(C(C)C)cc5n4CCCC5)cc3)CC2)c1. The van der Waals surface area contributed by atoms with Crippen molar-refractivity contribution in [1.82, 2.24) is 9.55 Å². The number of hydrogen-bond acceptors (Lipinski definition) is 5. The minimum Gasteiger partial charge on any atom is -0.370 e. The maximum Gasteiger partial charge on any atom is 0.298 e. The normalized spacial score (nSPS) is 15.8. The van der Waals surface area contributed by atoms with Crippen LogP contribution in [0.5, 0.6) is 0 Å². The maximum atomic E-state index is 13.3. The van der Waals surface area contributed by atoms with Gasteiger partial charge in [-0.25, -0.2) is 4.98 Å². The van der Waals surface area contributed by atoms with Crippen molar-refractivity contribution < 1.29 is 9.59 Å². The third kappa shape index (κ3) is 5.47. The minimum atomic E-state index is -0.572. The van der Waals surface area contributed by atoms with Gasteiger partial charge in [-0.15, -0.1) is 0 Å². The average Bonchev–Trinajstić information content (AvgIpc) is 3.11. The van der Waals surface area contributed by atoms with E-state index in [0.717, 1.165) is 81.2 Å². The quantitative estimate of drug-likeness (QED) is 0.348. The van der Waals surface area contributed by atoms with E-state index in [1.54, 1.807) is 0 Å². The molecule has 0 atom stereocenters. The summed E-state index contributed by atoms with van der Waals surface area (Å²) in [6, 6.07) is 14.2. The van der Waals surface area contributed by atoms with Gasteiger partial charge in [0.25, 0.3) is 11.7 Å². The highest BCUT2D eigenvalue weighted by Crippen LogP contribution is 2.29. The van der Waals surface area contributed by atoms with E-state index in [4.69, 9.17) is 4.98 Å². The van der Waals surface area contributed by atoms with E-state index in [0.29, 0.717) is 11.4 Å². The first-order valence-electron chi connectivity index (χ1n) is 13.9. The molecule has 0 unspecified atom stereocenters. The molecule has 38 heavy (non-hydrogen) atoms. The molecule has 1 fully saturated rings. The van der Waals surface area contributed by atoms with Gasteiger partial charge in [-0.1, -0.05) is 13.8 Å². The molecule has 200 valence electrons. The summed E-state index contributed by atoms with van der Waals surface area (Å²) in [5, 5.41) is 2.85. The summed E-state index contributed by atoms with van der Waals surface area (Å²) in [5.74, 6) is 0.224.